The molecule has 7 aromatic carbocycles. The van der Waals surface area contributed by atoms with Crippen LogP contribution >= 0.6 is 0 Å². The number of rotatable bonds is 3. The Labute approximate surface area is 264 Å². The number of fused-ring (bicyclic) bond motifs is 10. The standard InChI is InChI=1S/C42H26N4/c1-3-15-29(16-4-1)39-43-40(30-17-5-2-6-18-30)46-41(44-39)33-21-11-12-22-34(33)42(46)45-35-25-23-27-13-7-9-19-31(27)37(35)38-32-20-10-8-14-28(32)24-26-36(38)45/h1-26H. The summed E-state index contributed by atoms with van der Waals surface area (Å²) < 4.78 is 4.71. The van der Waals surface area contributed by atoms with E-state index in [1.54, 1.807) is 0 Å². The van der Waals surface area contributed by atoms with Crippen molar-refractivity contribution in [2.24, 2.45) is 0 Å². The van der Waals surface area contributed by atoms with Gasteiger partial charge in [0.05, 0.1) is 11.0 Å². The fourth-order valence-electron chi connectivity index (χ4n) is 7.29. The van der Waals surface area contributed by atoms with Crippen molar-refractivity contribution in [2.75, 3.05) is 0 Å². The fraction of sp³-hybridized carbons (Fsp3) is 0. The van der Waals surface area contributed by atoms with Gasteiger partial charge in [0.2, 0.25) is 0 Å². The molecule has 214 valence electrons. The molecular formula is C42H26N4. The first-order valence-corrected chi connectivity index (χ1v) is 15.6. The Morgan fingerprint density at radius 3 is 1.50 bits per heavy atom. The molecule has 0 unspecified atom stereocenters. The minimum absolute atomic E-state index is 0.709. The predicted molar refractivity (Wildman–Crippen MR) is 191 cm³/mol. The van der Waals surface area contributed by atoms with Gasteiger partial charge in [-0.3, -0.25) is 8.97 Å². The maximum atomic E-state index is 5.31. The van der Waals surface area contributed by atoms with Crippen LogP contribution in [-0.2, 0) is 0 Å². The lowest BCUT2D eigenvalue weighted by Crippen LogP contribution is -2.06. The lowest BCUT2D eigenvalue weighted by atomic mass is 10.00. The molecule has 0 aliphatic carbocycles. The number of nitrogens with zero attached hydrogens (tertiary/aromatic N) is 4. The second kappa shape index (κ2) is 9.62. The highest BCUT2D eigenvalue weighted by molar-refractivity contribution is 6.29. The van der Waals surface area contributed by atoms with Gasteiger partial charge in [-0.2, -0.15) is 0 Å². The van der Waals surface area contributed by atoms with Crippen LogP contribution in [-0.4, -0.2) is 18.9 Å². The van der Waals surface area contributed by atoms with E-state index in [-0.39, 0.29) is 0 Å². The van der Waals surface area contributed by atoms with Crippen molar-refractivity contribution in [3.05, 3.63) is 158 Å². The largest absolute Gasteiger partial charge is 0.294 e. The molecule has 0 N–H and O–H groups in total. The van der Waals surface area contributed by atoms with Crippen LogP contribution in [0.2, 0.25) is 0 Å². The molecule has 10 aromatic rings. The van der Waals surface area contributed by atoms with Crippen molar-refractivity contribution >= 4 is 59.8 Å². The van der Waals surface area contributed by atoms with Gasteiger partial charge in [0.15, 0.2) is 11.5 Å². The molecule has 0 aliphatic rings. The minimum Gasteiger partial charge on any atom is -0.294 e. The van der Waals surface area contributed by atoms with E-state index < -0.39 is 0 Å². The number of benzene rings is 7. The van der Waals surface area contributed by atoms with Gasteiger partial charge in [0.25, 0.3) is 0 Å². The zero-order chi connectivity index (χ0) is 30.2. The molecule has 0 fully saturated rings. The maximum absolute atomic E-state index is 5.31. The SMILES string of the molecule is c1ccc(-c2nc(-c3ccccc3)n3c(-n4c5ccc6ccccc6c5c5c6ccccc6ccc54)c4ccccc4c3n2)cc1. The Bertz CT molecular complexity index is 2700. The van der Waals surface area contributed by atoms with E-state index in [2.05, 4.69) is 148 Å². The Kier molecular flexibility index (Phi) is 5.25. The second-order valence-corrected chi connectivity index (χ2v) is 11.8. The molecule has 10 rings (SSSR count). The summed E-state index contributed by atoms with van der Waals surface area (Å²) in [6.45, 7) is 0. The molecule has 0 aliphatic heterocycles. The highest BCUT2D eigenvalue weighted by atomic mass is 15.2. The van der Waals surface area contributed by atoms with Crippen molar-refractivity contribution in [3.8, 4) is 28.6 Å². The average molecular weight is 587 g/mol. The molecule has 0 saturated heterocycles. The van der Waals surface area contributed by atoms with Gasteiger partial charge in [-0.05, 0) is 33.7 Å². The number of hydrogen-bond donors (Lipinski definition) is 0. The first-order chi connectivity index (χ1) is 22.8. The van der Waals surface area contributed by atoms with Gasteiger partial charge in [0.1, 0.15) is 11.6 Å². The van der Waals surface area contributed by atoms with Crippen molar-refractivity contribution in [2.45, 2.75) is 0 Å². The van der Waals surface area contributed by atoms with E-state index in [0.717, 1.165) is 50.2 Å². The van der Waals surface area contributed by atoms with E-state index >= 15 is 0 Å². The van der Waals surface area contributed by atoms with Crippen molar-refractivity contribution < 1.29 is 0 Å². The van der Waals surface area contributed by atoms with Gasteiger partial charge in [0, 0.05) is 32.7 Å². The van der Waals surface area contributed by atoms with E-state index in [4.69, 9.17) is 9.97 Å². The third-order valence-electron chi connectivity index (χ3n) is 9.29. The van der Waals surface area contributed by atoms with Crippen LogP contribution in [0, 0.1) is 0 Å². The first kappa shape index (κ1) is 25.1. The molecule has 4 nitrogen and oxygen atoms in total. The summed E-state index contributed by atoms with van der Waals surface area (Å²) >= 11 is 0. The van der Waals surface area contributed by atoms with Crippen molar-refractivity contribution in [1.82, 2.24) is 18.9 Å². The minimum atomic E-state index is 0.709. The Morgan fingerprint density at radius 1 is 0.391 bits per heavy atom. The molecule has 3 aromatic heterocycles. The molecule has 46 heavy (non-hydrogen) atoms. The summed E-state index contributed by atoms with van der Waals surface area (Å²) in [5, 5.41) is 9.68. The highest BCUT2D eigenvalue weighted by Gasteiger charge is 2.25. The third kappa shape index (κ3) is 3.49. The molecule has 4 heteroatoms. The van der Waals surface area contributed by atoms with Gasteiger partial charge >= 0.3 is 0 Å². The van der Waals surface area contributed by atoms with Crippen LogP contribution in [0.1, 0.15) is 0 Å². The van der Waals surface area contributed by atoms with Crippen LogP contribution in [0.5, 0.6) is 0 Å². The molecule has 0 radical (unpaired) electrons. The summed E-state index contributed by atoms with van der Waals surface area (Å²) in [6, 6.07) is 55.9. The number of aromatic nitrogens is 4. The second-order valence-electron chi connectivity index (χ2n) is 11.8. The molecule has 0 spiro atoms. The van der Waals surface area contributed by atoms with E-state index in [0.29, 0.717) is 5.82 Å². The smallest absolute Gasteiger partial charge is 0.163 e. The molecular weight excluding hydrogens is 560 g/mol. The summed E-state index contributed by atoms with van der Waals surface area (Å²) in [6.07, 6.45) is 0. The fourth-order valence-corrected chi connectivity index (χ4v) is 7.29. The quantitative estimate of drug-likeness (QED) is 0.206. The van der Waals surface area contributed by atoms with Gasteiger partial charge in [-0.25, -0.2) is 9.97 Å². The van der Waals surface area contributed by atoms with Crippen LogP contribution in [0.3, 0.4) is 0 Å². The van der Waals surface area contributed by atoms with Crippen LogP contribution in [0.15, 0.2) is 158 Å². The molecule has 0 bridgehead atoms. The third-order valence-corrected chi connectivity index (χ3v) is 9.29. The van der Waals surface area contributed by atoms with Gasteiger partial charge in [-0.15, -0.1) is 0 Å². The van der Waals surface area contributed by atoms with E-state index in [1.807, 2.05) is 18.2 Å². The summed E-state index contributed by atoms with van der Waals surface area (Å²) in [7, 11) is 0. The Morgan fingerprint density at radius 2 is 0.891 bits per heavy atom. The van der Waals surface area contributed by atoms with Crippen molar-refractivity contribution in [3.63, 3.8) is 0 Å². The monoisotopic (exact) mass is 586 g/mol. The normalized spacial score (nSPS) is 11.9. The topological polar surface area (TPSA) is 35.1 Å². The summed E-state index contributed by atoms with van der Waals surface area (Å²) in [5.74, 6) is 2.60. The zero-order valence-corrected chi connectivity index (χ0v) is 24.8. The number of hydrogen-bond acceptors (Lipinski definition) is 2. The lowest BCUT2D eigenvalue weighted by Gasteiger charge is -2.14. The molecule has 0 amide bonds. The summed E-state index contributed by atoms with van der Waals surface area (Å²) in [5.41, 5.74) is 5.21. The molecule has 0 atom stereocenters. The van der Waals surface area contributed by atoms with Gasteiger partial charge in [-0.1, -0.05) is 146 Å². The Hall–Kier alpha value is -6.26. The maximum Gasteiger partial charge on any atom is 0.163 e. The van der Waals surface area contributed by atoms with Crippen LogP contribution in [0.4, 0.5) is 0 Å². The molecule has 3 heterocycles. The van der Waals surface area contributed by atoms with Gasteiger partial charge < -0.3 is 0 Å². The van der Waals surface area contributed by atoms with Crippen LogP contribution in [0.25, 0.3) is 88.4 Å². The summed E-state index contributed by atoms with van der Waals surface area (Å²) in [4.78, 5) is 10.6. The molecule has 0 saturated carbocycles. The Balaban J connectivity index is 1.46. The zero-order valence-electron chi connectivity index (χ0n) is 24.8. The van der Waals surface area contributed by atoms with Crippen LogP contribution < -0.4 is 0 Å². The first-order valence-electron chi connectivity index (χ1n) is 15.6. The van der Waals surface area contributed by atoms with Crippen molar-refractivity contribution in [1.29, 1.82) is 0 Å². The lowest BCUT2D eigenvalue weighted by molar-refractivity contribution is 0.986. The highest BCUT2D eigenvalue weighted by Crippen LogP contribution is 2.43. The predicted octanol–water partition coefficient (Wildman–Crippen LogP) is 10.6. The average Bonchev–Trinajstić information content (AvgIpc) is 3.65. The van der Waals surface area contributed by atoms with E-state index in [9.17, 15) is 0 Å². The van der Waals surface area contributed by atoms with E-state index in [1.165, 1.54) is 32.3 Å².